The third-order valence-corrected chi connectivity index (χ3v) is 5.68. The number of benzene rings is 2. The van der Waals surface area contributed by atoms with Crippen LogP contribution in [0.2, 0.25) is 0 Å². The summed E-state index contributed by atoms with van der Waals surface area (Å²) in [6.45, 7) is 3.76. The first-order chi connectivity index (χ1) is 15.2. The number of ether oxygens (including phenoxy) is 1. The number of halogens is 1. The van der Waals surface area contributed by atoms with Crippen molar-refractivity contribution >= 4 is 49.2 Å². The molecule has 0 fully saturated rings. The minimum atomic E-state index is -0.121. The summed E-state index contributed by atoms with van der Waals surface area (Å²) < 4.78 is 9.87. The Bertz CT molecular complexity index is 1470. The first-order valence-electron chi connectivity index (χ1n) is 10.2. The fourth-order valence-corrected chi connectivity index (χ4v) is 4.16. The lowest BCUT2D eigenvalue weighted by molar-refractivity contribution is 0.141. The summed E-state index contributed by atoms with van der Waals surface area (Å²) in [6.07, 6.45) is 2.34. The molecule has 0 aliphatic carbocycles. The lowest BCUT2D eigenvalue weighted by Gasteiger charge is -2.08. The van der Waals surface area contributed by atoms with Gasteiger partial charge in [0.05, 0.1) is 23.0 Å². The van der Waals surface area contributed by atoms with E-state index in [2.05, 4.69) is 20.9 Å². The maximum absolute atomic E-state index is 13.4. The van der Waals surface area contributed by atoms with Crippen LogP contribution in [0.4, 0.5) is 0 Å². The van der Waals surface area contributed by atoms with E-state index in [1.165, 1.54) is 0 Å². The topological polar surface area (TPSA) is 74.8 Å². The van der Waals surface area contributed by atoms with Gasteiger partial charge in [0.1, 0.15) is 10.9 Å². The first kappa shape index (κ1) is 19.8. The number of nitrogens with zero attached hydrogens (tertiary/aromatic N) is 5. The highest BCUT2D eigenvalue weighted by atomic mass is 79.9. The molecule has 0 saturated heterocycles. The summed E-state index contributed by atoms with van der Waals surface area (Å²) in [5.74, 6) is 0. The van der Waals surface area contributed by atoms with Crippen molar-refractivity contribution in [3.05, 3.63) is 69.7 Å². The molecule has 0 aliphatic heterocycles. The zero-order chi connectivity index (χ0) is 21.4. The standard InChI is InChI=1S/C23H20BrN5O2/c1-2-31-12-6-11-28-14-25-21-19(23(28)30)20-22(27-18-10-4-3-9-17(18)26-20)29(21)16-8-5-7-15(24)13-16/h3-5,7-10,13-14H,2,6,11-12H2,1H3. The van der Waals surface area contributed by atoms with Gasteiger partial charge in [-0.25, -0.2) is 15.0 Å². The van der Waals surface area contributed by atoms with E-state index in [9.17, 15) is 4.79 Å². The van der Waals surface area contributed by atoms with Gasteiger partial charge in [-0.15, -0.1) is 0 Å². The largest absolute Gasteiger partial charge is 0.382 e. The molecule has 5 aromatic rings. The van der Waals surface area contributed by atoms with Crippen LogP contribution in [0.15, 0.2) is 64.1 Å². The summed E-state index contributed by atoms with van der Waals surface area (Å²) in [7, 11) is 0. The maximum Gasteiger partial charge on any atom is 0.265 e. The normalized spacial score (nSPS) is 11.7. The second-order valence-corrected chi connectivity index (χ2v) is 8.11. The first-order valence-corrected chi connectivity index (χ1v) is 11.0. The second-order valence-electron chi connectivity index (χ2n) is 7.19. The van der Waals surface area contributed by atoms with Crippen molar-refractivity contribution in [2.24, 2.45) is 0 Å². The molecule has 5 rings (SSSR count). The van der Waals surface area contributed by atoms with Gasteiger partial charge in [0.15, 0.2) is 11.3 Å². The Labute approximate surface area is 186 Å². The summed E-state index contributed by atoms with van der Waals surface area (Å²) in [6, 6.07) is 15.5. The van der Waals surface area contributed by atoms with E-state index >= 15 is 0 Å². The quantitative estimate of drug-likeness (QED) is 0.337. The molecule has 0 spiro atoms. The van der Waals surface area contributed by atoms with Crippen LogP contribution < -0.4 is 5.56 Å². The molecular weight excluding hydrogens is 458 g/mol. The number of hydrogen-bond donors (Lipinski definition) is 0. The molecular formula is C23H20BrN5O2. The molecule has 156 valence electrons. The summed E-state index contributed by atoms with van der Waals surface area (Å²) in [4.78, 5) is 27.8. The van der Waals surface area contributed by atoms with Gasteiger partial charge in [-0.05, 0) is 43.7 Å². The molecule has 0 amide bonds. The van der Waals surface area contributed by atoms with Gasteiger partial charge < -0.3 is 4.74 Å². The van der Waals surface area contributed by atoms with E-state index in [4.69, 9.17) is 14.7 Å². The van der Waals surface area contributed by atoms with Gasteiger partial charge in [-0.1, -0.05) is 34.1 Å². The minimum absolute atomic E-state index is 0.121. The Morgan fingerprint density at radius 1 is 1.03 bits per heavy atom. The molecule has 0 radical (unpaired) electrons. The zero-order valence-electron chi connectivity index (χ0n) is 17.0. The lowest BCUT2D eigenvalue weighted by atomic mass is 10.3. The van der Waals surface area contributed by atoms with Crippen molar-refractivity contribution in [2.75, 3.05) is 13.2 Å². The monoisotopic (exact) mass is 477 g/mol. The summed E-state index contributed by atoms with van der Waals surface area (Å²) in [5.41, 5.74) is 3.98. The van der Waals surface area contributed by atoms with Crippen molar-refractivity contribution < 1.29 is 4.74 Å². The summed E-state index contributed by atoms with van der Waals surface area (Å²) >= 11 is 3.54. The smallest absolute Gasteiger partial charge is 0.265 e. The zero-order valence-corrected chi connectivity index (χ0v) is 18.5. The third kappa shape index (κ3) is 3.51. The minimum Gasteiger partial charge on any atom is -0.382 e. The van der Waals surface area contributed by atoms with E-state index in [-0.39, 0.29) is 5.56 Å². The van der Waals surface area contributed by atoms with Crippen LogP contribution in [-0.4, -0.2) is 37.3 Å². The molecule has 7 nitrogen and oxygen atoms in total. The number of fused-ring (bicyclic) bond motifs is 4. The molecule has 0 bridgehead atoms. The highest BCUT2D eigenvalue weighted by Crippen LogP contribution is 2.29. The average Bonchev–Trinajstić information content (AvgIpc) is 3.10. The van der Waals surface area contributed by atoms with E-state index in [0.717, 1.165) is 27.6 Å². The number of rotatable bonds is 6. The highest BCUT2D eigenvalue weighted by molar-refractivity contribution is 9.10. The Morgan fingerprint density at radius 3 is 2.61 bits per heavy atom. The van der Waals surface area contributed by atoms with Gasteiger partial charge in [0, 0.05) is 24.2 Å². The molecule has 31 heavy (non-hydrogen) atoms. The Morgan fingerprint density at radius 2 is 1.84 bits per heavy atom. The third-order valence-electron chi connectivity index (χ3n) is 5.19. The van der Waals surface area contributed by atoms with Crippen LogP contribution in [0.5, 0.6) is 0 Å². The van der Waals surface area contributed by atoms with E-state index in [1.807, 2.05) is 60.0 Å². The SMILES string of the molecule is CCOCCCn1cnc2c(c1=O)c1nc3ccccc3nc1n2-c1cccc(Br)c1. The molecule has 0 aliphatic rings. The predicted molar refractivity (Wildman–Crippen MR) is 125 cm³/mol. The van der Waals surface area contributed by atoms with Gasteiger partial charge in [0.25, 0.3) is 5.56 Å². The number of aromatic nitrogens is 5. The van der Waals surface area contributed by atoms with E-state index in [0.29, 0.717) is 42.0 Å². The van der Waals surface area contributed by atoms with Gasteiger partial charge in [-0.2, -0.15) is 0 Å². The average molecular weight is 478 g/mol. The van der Waals surface area contributed by atoms with Crippen molar-refractivity contribution in [3.63, 3.8) is 0 Å². The highest BCUT2D eigenvalue weighted by Gasteiger charge is 2.20. The van der Waals surface area contributed by atoms with Crippen LogP contribution in [0.1, 0.15) is 13.3 Å². The van der Waals surface area contributed by atoms with Gasteiger partial charge in [0.2, 0.25) is 0 Å². The van der Waals surface area contributed by atoms with Crippen molar-refractivity contribution in [1.29, 1.82) is 0 Å². The number of aryl methyl sites for hydroxylation is 1. The van der Waals surface area contributed by atoms with Crippen LogP contribution in [0.3, 0.4) is 0 Å². The Balaban J connectivity index is 1.81. The summed E-state index contributed by atoms with van der Waals surface area (Å²) in [5, 5.41) is 0.479. The van der Waals surface area contributed by atoms with Crippen molar-refractivity contribution in [2.45, 2.75) is 19.9 Å². The van der Waals surface area contributed by atoms with Crippen LogP contribution in [-0.2, 0) is 11.3 Å². The predicted octanol–water partition coefficient (Wildman–Crippen LogP) is 4.47. The molecule has 3 aromatic heterocycles. The molecule has 0 atom stereocenters. The van der Waals surface area contributed by atoms with Crippen LogP contribution >= 0.6 is 15.9 Å². The van der Waals surface area contributed by atoms with Crippen molar-refractivity contribution in [3.8, 4) is 5.69 Å². The molecule has 3 heterocycles. The number of para-hydroxylation sites is 2. The second kappa shape index (κ2) is 8.20. The number of hydrogen-bond acceptors (Lipinski definition) is 5. The Kier molecular flexibility index (Phi) is 5.25. The van der Waals surface area contributed by atoms with Crippen molar-refractivity contribution in [1.82, 2.24) is 24.1 Å². The molecule has 2 aromatic carbocycles. The van der Waals surface area contributed by atoms with E-state index < -0.39 is 0 Å². The van der Waals surface area contributed by atoms with Gasteiger partial charge in [-0.3, -0.25) is 13.9 Å². The van der Waals surface area contributed by atoms with Crippen LogP contribution in [0, 0.1) is 0 Å². The molecule has 0 unspecified atom stereocenters. The van der Waals surface area contributed by atoms with Crippen LogP contribution in [0.25, 0.3) is 38.9 Å². The lowest BCUT2D eigenvalue weighted by Crippen LogP contribution is -2.21. The Hall–Kier alpha value is -3.10. The molecule has 0 N–H and O–H groups in total. The molecule has 8 heteroatoms. The maximum atomic E-state index is 13.4. The fourth-order valence-electron chi connectivity index (χ4n) is 3.77. The fraction of sp³-hybridized carbons (Fsp3) is 0.217. The van der Waals surface area contributed by atoms with E-state index in [1.54, 1.807) is 10.9 Å². The van der Waals surface area contributed by atoms with Gasteiger partial charge >= 0.3 is 0 Å². The molecule has 0 saturated carbocycles.